The molecule has 2 nitrogen and oxygen atoms in total. The predicted octanol–water partition coefficient (Wildman–Crippen LogP) is -2.16. The Balaban J connectivity index is 0.000000845. The normalized spacial score (nSPS) is 9.54. The van der Waals surface area contributed by atoms with Crippen molar-refractivity contribution in [2.45, 2.75) is 0 Å². The molecule has 1 aromatic heterocycles. The number of hydrogen-bond donors (Lipinski definition) is 0. The first-order chi connectivity index (χ1) is 5.79. The predicted molar refractivity (Wildman–Crippen MR) is 44.3 cm³/mol. The standard InChI is InChI=1S/C10H9NO.K/c1-11-7-3-5-8-4-2-6-9(12)10(8)11;/h2-7,12H,1H2;/q;+1/p-1. The molecule has 2 rings (SSSR count). The van der Waals surface area contributed by atoms with Crippen LogP contribution in [0, 0.1) is 7.05 Å². The summed E-state index contributed by atoms with van der Waals surface area (Å²) in [6, 6.07) is 8.97. The van der Waals surface area contributed by atoms with Crippen LogP contribution < -0.4 is 61.1 Å². The molecular formula is C10H8KNO. The second-order valence-corrected chi connectivity index (χ2v) is 2.67. The Bertz CT molecular complexity index is 391. The van der Waals surface area contributed by atoms with Gasteiger partial charge in [0.25, 0.3) is 0 Å². The van der Waals surface area contributed by atoms with Crippen molar-refractivity contribution in [1.82, 2.24) is 0 Å². The van der Waals surface area contributed by atoms with Gasteiger partial charge in [-0.25, -0.2) is 0 Å². The van der Waals surface area contributed by atoms with Gasteiger partial charge in [-0.05, 0) is 5.39 Å². The van der Waals surface area contributed by atoms with Crippen LogP contribution in [0.1, 0.15) is 0 Å². The first-order valence-corrected chi connectivity index (χ1v) is 3.70. The summed E-state index contributed by atoms with van der Waals surface area (Å²) in [5.41, 5.74) is 0.653. The molecule has 0 bridgehead atoms. The minimum Gasteiger partial charge on any atom is -0.877 e. The minimum atomic E-state index is 0. The maximum Gasteiger partial charge on any atom is 1.00 e. The summed E-state index contributed by atoms with van der Waals surface area (Å²) >= 11 is 0. The Kier molecular flexibility index (Phi) is 3.76. The van der Waals surface area contributed by atoms with Crippen LogP contribution in [-0.2, 0) is 0 Å². The molecule has 0 aliphatic heterocycles. The number of para-hydroxylation sites is 1. The average molecular weight is 197 g/mol. The summed E-state index contributed by atoms with van der Waals surface area (Å²) in [6.45, 7) is 0. The zero-order valence-electron chi connectivity index (χ0n) is 7.53. The van der Waals surface area contributed by atoms with Crippen molar-refractivity contribution in [2.75, 3.05) is 0 Å². The van der Waals surface area contributed by atoms with Crippen LogP contribution in [0.2, 0.25) is 0 Å². The van der Waals surface area contributed by atoms with Gasteiger partial charge in [-0.3, -0.25) is 0 Å². The summed E-state index contributed by atoms with van der Waals surface area (Å²) in [7, 11) is 3.73. The van der Waals surface area contributed by atoms with Gasteiger partial charge < -0.3 is 9.67 Å². The number of fused-ring (bicyclic) bond motifs is 1. The van der Waals surface area contributed by atoms with Gasteiger partial charge in [-0.2, -0.15) is 0 Å². The molecule has 0 radical (unpaired) electrons. The van der Waals surface area contributed by atoms with Gasteiger partial charge in [-0.1, -0.05) is 36.1 Å². The fourth-order valence-electron chi connectivity index (χ4n) is 1.31. The number of nitrogens with zero attached hydrogens (tertiary/aromatic N) is 1. The van der Waals surface area contributed by atoms with Crippen LogP contribution >= 0.6 is 0 Å². The third kappa shape index (κ3) is 2.06. The Hall–Kier alpha value is -0.0636. The second-order valence-electron chi connectivity index (χ2n) is 2.67. The van der Waals surface area contributed by atoms with Gasteiger partial charge in [0.15, 0.2) is 0 Å². The molecule has 0 amide bonds. The van der Waals surface area contributed by atoms with Crippen LogP contribution in [0.25, 0.3) is 10.9 Å². The zero-order valence-corrected chi connectivity index (χ0v) is 10.6. The van der Waals surface area contributed by atoms with Gasteiger partial charge in [0, 0.05) is 7.05 Å². The molecule has 1 heterocycles. The number of aromatic nitrogens is 1. The maximum atomic E-state index is 11.3. The van der Waals surface area contributed by atoms with E-state index >= 15 is 0 Å². The summed E-state index contributed by atoms with van der Waals surface area (Å²) < 4.78 is 1.59. The third-order valence-corrected chi connectivity index (χ3v) is 1.86. The fourth-order valence-corrected chi connectivity index (χ4v) is 1.31. The maximum absolute atomic E-state index is 11.3. The number of pyridine rings is 1. The van der Waals surface area contributed by atoms with Crippen LogP contribution in [0.5, 0.6) is 5.75 Å². The van der Waals surface area contributed by atoms with Crippen LogP contribution in [0.15, 0.2) is 36.5 Å². The van der Waals surface area contributed by atoms with E-state index in [0.29, 0.717) is 5.52 Å². The molecule has 0 spiro atoms. The van der Waals surface area contributed by atoms with Gasteiger partial charge in [-0.15, -0.1) is 0 Å². The van der Waals surface area contributed by atoms with E-state index in [-0.39, 0.29) is 57.1 Å². The molecule has 3 heteroatoms. The Morgan fingerprint density at radius 2 is 1.85 bits per heavy atom. The number of benzene rings is 1. The van der Waals surface area contributed by atoms with Gasteiger partial charge in [0.2, 0.25) is 0 Å². The molecule has 0 aliphatic rings. The first-order valence-electron chi connectivity index (χ1n) is 3.70. The molecule has 0 atom stereocenters. The van der Waals surface area contributed by atoms with Crippen LogP contribution in [0.3, 0.4) is 0 Å². The quantitative estimate of drug-likeness (QED) is 0.269. The van der Waals surface area contributed by atoms with E-state index in [1.807, 2.05) is 18.2 Å². The Labute approximate surface area is 120 Å². The van der Waals surface area contributed by atoms with Crippen molar-refractivity contribution >= 4 is 10.9 Å². The van der Waals surface area contributed by atoms with E-state index in [4.69, 9.17) is 0 Å². The topological polar surface area (TPSA) is 26.9 Å². The van der Waals surface area contributed by atoms with E-state index < -0.39 is 0 Å². The van der Waals surface area contributed by atoms with Crippen LogP contribution in [0.4, 0.5) is 0 Å². The molecule has 0 unspecified atom stereocenters. The van der Waals surface area contributed by atoms with E-state index in [1.54, 1.807) is 22.9 Å². The molecule has 2 aromatic rings. The van der Waals surface area contributed by atoms with Crippen molar-refractivity contribution in [3.05, 3.63) is 43.6 Å². The van der Waals surface area contributed by atoms with Gasteiger partial charge in [0.1, 0.15) is 5.52 Å². The summed E-state index contributed by atoms with van der Waals surface area (Å²) in [4.78, 5) is 0. The molecule has 0 saturated heterocycles. The Morgan fingerprint density at radius 1 is 1.15 bits per heavy atom. The van der Waals surface area contributed by atoms with Gasteiger partial charge in [0.05, 0.1) is 6.20 Å². The summed E-state index contributed by atoms with van der Waals surface area (Å²) in [6.07, 6.45) is 1.77. The molecule has 0 aliphatic carbocycles. The van der Waals surface area contributed by atoms with E-state index in [2.05, 4.69) is 7.05 Å². The molecule has 0 N–H and O–H groups in total. The van der Waals surface area contributed by atoms with E-state index in [9.17, 15) is 5.11 Å². The van der Waals surface area contributed by atoms with Crippen molar-refractivity contribution in [2.24, 2.45) is 0 Å². The van der Waals surface area contributed by atoms with Crippen molar-refractivity contribution in [3.8, 4) is 5.75 Å². The SMILES string of the molecule is [CH2-][n+]1cccc2cccc([O-])c21.[K+]. The summed E-state index contributed by atoms with van der Waals surface area (Å²) in [5.74, 6) is 0.0168. The molecular weight excluding hydrogens is 189 g/mol. The van der Waals surface area contributed by atoms with E-state index in [1.165, 1.54) is 0 Å². The molecule has 0 fully saturated rings. The van der Waals surface area contributed by atoms with Crippen molar-refractivity contribution in [3.63, 3.8) is 0 Å². The first kappa shape index (κ1) is 11.0. The molecule has 0 saturated carbocycles. The monoisotopic (exact) mass is 197 g/mol. The largest absolute Gasteiger partial charge is 1.00 e. The number of hydrogen-bond acceptors (Lipinski definition) is 1. The average Bonchev–Trinajstić information content (AvgIpc) is 2.04. The molecule has 60 valence electrons. The third-order valence-electron chi connectivity index (χ3n) is 1.86. The zero-order chi connectivity index (χ0) is 8.55. The number of rotatable bonds is 0. The fraction of sp³-hybridized carbons (Fsp3) is 0. The van der Waals surface area contributed by atoms with Crippen molar-refractivity contribution in [1.29, 1.82) is 0 Å². The van der Waals surface area contributed by atoms with Crippen LogP contribution in [-0.4, -0.2) is 0 Å². The molecule has 1 aromatic carbocycles. The van der Waals surface area contributed by atoms with Crippen molar-refractivity contribution < 1.29 is 61.1 Å². The van der Waals surface area contributed by atoms with E-state index in [0.717, 1.165) is 5.39 Å². The van der Waals surface area contributed by atoms with Gasteiger partial charge >= 0.3 is 51.4 Å². The smallest absolute Gasteiger partial charge is 0.877 e. The summed E-state index contributed by atoms with van der Waals surface area (Å²) in [5, 5.41) is 12.3. The molecule has 13 heavy (non-hydrogen) atoms. The minimum absolute atomic E-state index is 0. The Morgan fingerprint density at radius 3 is 2.54 bits per heavy atom. The second kappa shape index (κ2) is 4.44.